The van der Waals surface area contributed by atoms with Crippen LogP contribution in [0.3, 0.4) is 0 Å². The van der Waals surface area contributed by atoms with Crippen LogP contribution >= 0.6 is 0 Å². The standard InChI is InChI=1S/C11H20N2O3.C11H17NO4.C8H14N2O2/c1-11(2,3)16-10(14)13-7-4-8(12)9(13)6-15-5-7;1-11(2,3)16-10(14)12-7-4-9(13)8(12)6-15-5-7;1-5(11)9-7-2-6-3-12-4-8(7)10-6/h7-9H,4-6,12H2,1-3H3;7-8H,4-6H2,1-3H3;6-8,10H,2-4H2,1H3,(H,9,11). The Hall–Kier alpha value is -2.52. The Kier molecular flexibility index (Phi) is 10.8. The minimum Gasteiger partial charge on any atom is -0.444 e. The predicted molar refractivity (Wildman–Crippen MR) is 159 cm³/mol. The molecular weight excluding hydrogens is 574 g/mol. The number of nitrogens with two attached hydrogens (primary N) is 1. The Morgan fingerprint density at radius 1 is 0.841 bits per heavy atom. The summed E-state index contributed by atoms with van der Waals surface area (Å²) in [5.74, 6) is 0.128. The Balaban J connectivity index is 0.000000152. The summed E-state index contributed by atoms with van der Waals surface area (Å²) < 4.78 is 26.7. The van der Waals surface area contributed by atoms with Crippen molar-refractivity contribution in [2.45, 2.75) is 127 Å². The minimum absolute atomic E-state index is 0.0139. The van der Waals surface area contributed by atoms with Crippen molar-refractivity contribution in [3.8, 4) is 0 Å². The predicted octanol–water partition coefficient (Wildman–Crippen LogP) is 0.937. The lowest BCUT2D eigenvalue weighted by Crippen LogP contribution is -2.53. The van der Waals surface area contributed by atoms with Crippen molar-refractivity contribution in [2.75, 3.05) is 39.6 Å². The van der Waals surface area contributed by atoms with Gasteiger partial charge in [-0.25, -0.2) is 9.59 Å². The lowest BCUT2D eigenvalue weighted by atomic mass is 10.1. The largest absolute Gasteiger partial charge is 0.444 e. The number of Topliss-reactive ketones (excluding diaryl/α,β-unsaturated/α-hetero) is 1. The second-order valence-electron chi connectivity index (χ2n) is 14.4. The van der Waals surface area contributed by atoms with Crippen LogP contribution in [0.25, 0.3) is 0 Å². The van der Waals surface area contributed by atoms with Crippen LogP contribution in [0.1, 0.15) is 67.7 Å². The fourth-order valence-corrected chi connectivity index (χ4v) is 6.43. The molecule has 0 aliphatic carbocycles. The van der Waals surface area contributed by atoms with E-state index in [4.69, 9.17) is 29.4 Å². The van der Waals surface area contributed by atoms with Crippen molar-refractivity contribution in [3.63, 3.8) is 0 Å². The van der Waals surface area contributed by atoms with Crippen LogP contribution in [-0.4, -0.2) is 133 Å². The van der Waals surface area contributed by atoms with E-state index in [-0.39, 0.29) is 48.0 Å². The highest BCUT2D eigenvalue weighted by atomic mass is 16.6. The number of ether oxygens (including phenoxy) is 5. The second kappa shape index (κ2) is 13.9. The Morgan fingerprint density at radius 2 is 1.43 bits per heavy atom. The number of rotatable bonds is 1. The zero-order valence-electron chi connectivity index (χ0n) is 27.1. The van der Waals surface area contributed by atoms with Gasteiger partial charge in [0, 0.05) is 31.5 Å². The van der Waals surface area contributed by atoms with Crippen molar-refractivity contribution >= 4 is 23.9 Å². The van der Waals surface area contributed by atoms with Crippen LogP contribution in [0, 0.1) is 0 Å². The van der Waals surface area contributed by atoms with Gasteiger partial charge in [0.1, 0.15) is 17.2 Å². The number of carbonyl (C=O) groups is 4. The number of nitrogens with one attached hydrogen (secondary N) is 2. The van der Waals surface area contributed by atoms with Crippen molar-refractivity contribution in [1.29, 1.82) is 0 Å². The summed E-state index contributed by atoms with van der Waals surface area (Å²) in [6.45, 7) is 15.9. The topological polar surface area (TPSA) is 171 Å². The number of fused-ring (bicyclic) bond motifs is 6. The van der Waals surface area contributed by atoms with E-state index in [9.17, 15) is 19.2 Å². The molecule has 14 heteroatoms. The number of ketones is 1. The van der Waals surface area contributed by atoms with Gasteiger partial charge in [0.2, 0.25) is 5.91 Å². The molecule has 4 N–H and O–H groups in total. The average molecular weight is 626 g/mol. The average Bonchev–Trinajstić information content (AvgIpc) is 3.36. The number of amides is 3. The molecule has 8 atom stereocenters. The summed E-state index contributed by atoms with van der Waals surface area (Å²) in [6.07, 6.45) is 1.54. The minimum atomic E-state index is -0.530. The molecule has 14 nitrogen and oxygen atoms in total. The van der Waals surface area contributed by atoms with Crippen molar-refractivity contribution in [3.05, 3.63) is 0 Å². The fourth-order valence-electron chi connectivity index (χ4n) is 6.43. The Morgan fingerprint density at radius 3 is 2.00 bits per heavy atom. The summed E-state index contributed by atoms with van der Waals surface area (Å²) in [6, 6.07) is 0.551. The van der Waals surface area contributed by atoms with Crippen LogP contribution < -0.4 is 16.4 Å². The molecule has 0 radical (unpaired) electrons. The normalized spacial score (nSPS) is 33.9. The Labute approximate surface area is 259 Å². The number of morpholine rings is 3. The van der Waals surface area contributed by atoms with E-state index in [2.05, 4.69) is 10.6 Å². The molecule has 6 aliphatic heterocycles. The SMILES string of the molecule is CC(=O)NC1CC2COCC1N2.CC(C)(C)OC(=O)N1C2COCC1C(=O)C2.CC(C)(C)OC(=O)N1C2COCC1C(N)C2. The molecule has 6 aliphatic rings. The summed E-state index contributed by atoms with van der Waals surface area (Å²) in [5.41, 5.74) is 4.99. The van der Waals surface area contributed by atoms with Gasteiger partial charge in [-0.3, -0.25) is 19.4 Å². The lowest BCUT2D eigenvalue weighted by Gasteiger charge is -2.36. The molecule has 0 aromatic carbocycles. The van der Waals surface area contributed by atoms with Crippen molar-refractivity contribution < 1.29 is 42.9 Å². The highest BCUT2D eigenvalue weighted by Gasteiger charge is 2.48. The van der Waals surface area contributed by atoms with Crippen LogP contribution in [0.5, 0.6) is 0 Å². The second-order valence-corrected chi connectivity index (χ2v) is 14.4. The molecular formula is C30H51N5O9. The molecule has 3 amide bonds. The van der Waals surface area contributed by atoms with E-state index >= 15 is 0 Å². The van der Waals surface area contributed by atoms with E-state index in [1.165, 1.54) is 4.90 Å². The van der Waals surface area contributed by atoms with Crippen LogP contribution in [0.15, 0.2) is 0 Å². The van der Waals surface area contributed by atoms with E-state index < -0.39 is 23.3 Å². The lowest BCUT2D eigenvalue weighted by molar-refractivity contribution is -0.122. The zero-order valence-corrected chi connectivity index (χ0v) is 27.1. The first-order valence-electron chi connectivity index (χ1n) is 15.6. The molecule has 0 aromatic rings. The van der Waals surface area contributed by atoms with E-state index in [0.717, 1.165) is 26.1 Å². The fraction of sp³-hybridized carbons (Fsp3) is 0.867. The molecule has 8 unspecified atom stereocenters. The number of hydrogen-bond donors (Lipinski definition) is 3. The zero-order chi connectivity index (χ0) is 32.4. The van der Waals surface area contributed by atoms with Crippen LogP contribution in [0.4, 0.5) is 9.59 Å². The first-order valence-corrected chi connectivity index (χ1v) is 15.6. The van der Waals surface area contributed by atoms with Gasteiger partial charge in [0.15, 0.2) is 5.78 Å². The summed E-state index contributed by atoms with van der Waals surface area (Å²) in [5, 5.41) is 6.34. The maximum absolute atomic E-state index is 12.0. The van der Waals surface area contributed by atoms with Gasteiger partial charge in [0.25, 0.3) is 0 Å². The molecule has 6 saturated heterocycles. The third-order valence-corrected chi connectivity index (χ3v) is 8.20. The van der Waals surface area contributed by atoms with E-state index in [1.54, 1.807) is 11.8 Å². The maximum Gasteiger partial charge on any atom is 0.411 e. The highest BCUT2D eigenvalue weighted by Crippen LogP contribution is 2.30. The molecule has 0 saturated carbocycles. The molecule has 0 aromatic heterocycles. The number of hydrogen-bond acceptors (Lipinski definition) is 11. The van der Waals surface area contributed by atoms with Crippen LogP contribution in [0.2, 0.25) is 0 Å². The number of nitrogens with zero attached hydrogens (tertiary/aromatic N) is 2. The molecule has 6 rings (SSSR count). The Bertz CT molecular complexity index is 1060. The third-order valence-electron chi connectivity index (χ3n) is 8.20. The molecule has 6 heterocycles. The molecule has 44 heavy (non-hydrogen) atoms. The molecule has 250 valence electrons. The van der Waals surface area contributed by atoms with Gasteiger partial charge in [-0.15, -0.1) is 0 Å². The van der Waals surface area contributed by atoms with Gasteiger partial charge in [0.05, 0.1) is 63.8 Å². The third kappa shape index (κ3) is 8.81. The highest BCUT2D eigenvalue weighted by molar-refractivity contribution is 5.92. The van der Waals surface area contributed by atoms with Crippen molar-refractivity contribution in [2.24, 2.45) is 5.73 Å². The number of carbonyl (C=O) groups excluding carboxylic acids is 4. The van der Waals surface area contributed by atoms with Crippen LogP contribution in [-0.2, 0) is 33.3 Å². The molecule has 6 fully saturated rings. The van der Waals surface area contributed by atoms with Gasteiger partial charge in [-0.2, -0.15) is 0 Å². The van der Waals surface area contributed by atoms with Gasteiger partial charge in [-0.1, -0.05) is 0 Å². The molecule has 0 spiro atoms. The van der Waals surface area contributed by atoms with E-state index in [0.29, 0.717) is 44.9 Å². The van der Waals surface area contributed by atoms with E-state index in [1.807, 2.05) is 41.5 Å². The quantitative estimate of drug-likeness (QED) is 0.379. The first kappa shape index (κ1) is 34.4. The smallest absolute Gasteiger partial charge is 0.411 e. The maximum atomic E-state index is 12.0. The van der Waals surface area contributed by atoms with Gasteiger partial charge in [-0.05, 0) is 54.4 Å². The molecule has 6 bridgehead atoms. The van der Waals surface area contributed by atoms with Gasteiger partial charge < -0.3 is 40.1 Å². The van der Waals surface area contributed by atoms with Crippen molar-refractivity contribution in [1.82, 2.24) is 20.4 Å². The first-order chi connectivity index (χ1) is 20.5. The summed E-state index contributed by atoms with van der Waals surface area (Å²) >= 11 is 0. The summed E-state index contributed by atoms with van der Waals surface area (Å²) in [4.78, 5) is 49.6. The monoisotopic (exact) mass is 625 g/mol. The van der Waals surface area contributed by atoms with Gasteiger partial charge >= 0.3 is 12.2 Å². The summed E-state index contributed by atoms with van der Waals surface area (Å²) in [7, 11) is 0.